The SMILES string of the molecule is O=CCNC(=O)N(C(=O)Nc1cccs1)c1ccccc1. The van der Waals surface area contributed by atoms with Gasteiger partial charge in [-0.05, 0) is 29.6 Å². The van der Waals surface area contributed by atoms with E-state index in [1.807, 2.05) is 5.38 Å². The van der Waals surface area contributed by atoms with Gasteiger partial charge in [-0.15, -0.1) is 11.3 Å². The van der Waals surface area contributed by atoms with Gasteiger partial charge in [0.2, 0.25) is 0 Å². The van der Waals surface area contributed by atoms with Crippen molar-refractivity contribution < 1.29 is 14.4 Å². The van der Waals surface area contributed by atoms with E-state index in [4.69, 9.17) is 0 Å². The zero-order valence-electron chi connectivity index (χ0n) is 11.0. The van der Waals surface area contributed by atoms with E-state index in [2.05, 4.69) is 10.6 Å². The summed E-state index contributed by atoms with van der Waals surface area (Å²) in [6.07, 6.45) is 0.554. The molecule has 0 fully saturated rings. The molecule has 4 amide bonds. The summed E-state index contributed by atoms with van der Waals surface area (Å²) in [6.45, 7) is -0.158. The van der Waals surface area contributed by atoms with Crippen LogP contribution in [0, 0.1) is 0 Å². The van der Waals surface area contributed by atoms with Gasteiger partial charge in [0.15, 0.2) is 0 Å². The van der Waals surface area contributed by atoms with Gasteiger partial charge in [0.05, 0.1) is 17.2 Å². The highest BCUT2D eigenvalue weighted by Crippen LogP contribution is 2.19. The van der Waals surface area contributed by atoms with Crippen molar-refractivity contribution in [2.24, 2.45) is 0 Å². The number of para-hydroxylation sites is 1. The maximum Gasteiger partial charge on any atom is 0.335 e. The summed E-state index contributed by atoms with van der Waals surface area (Å²) in [5.41, 5.74) is 0.412. The molecule has 0 atom stereocenters. The zero-order chi connectivity index (χ0) is 15.1. The highest BCUT2D eigenvalue weighted by Gasteiger charge is 2.23. The standard InChI is InChI=1S/C14H13N3O3S/c18-9-8-15-13(19)17(11-5-2-1-3-6-11)14(20)16-12-7-4-10-21-12/h1-7,9-10H,8H2,(H,15,19)(H,16,20). The Morgan fingerprint density at radius 1 is 1.10 bits per heavy atom. The molecule has 2 N–H and O–H groups in total. The van der Waals surface area contributed by atoms with Gasteiger partial charge in [0.1, 0.15) is 6.29 Å². The monoisotopic (exact) mass is 303 g/mol. The summed E-state index contributed by atoms with van der Waals surface area (Å²) in [5, 5.41) is 7.43. The molecule has 108 valence electrons. The van der Waals surface area contributed by atoms with Crippen LogP contribution >= 0.6 is 11.3 Å². The summed E-state index contributed by atoms with van der Waals surface area (Å²) in [6, 6.07) is 10.7. The van der Waals surface area contributed by atoms with Crippen molar-refractivity contribution in [1.29, 1.82) is 0 Å². The van der Waals surface area contributed by atoms with E-state index in [1.54, 1.807) is 42.5 Å². The molecule has 0 aliphatic rings. The van der Waals surface area contributed by atoms with Gasteiger partial charge >= 0.3 is 12.1 Å². The van der Waals surface area contributed by atoms with E-state index in [1.165, 1.54) is 11.3 Å². The Balaban J connectivity index is 2.20. The Hall–Kier alpha value is -2.67. The number of aldehydes is 1. The maximum absolute atomic E-state index is 12.3. The minimum Gasteiger partial charge on any atom is -0.330 e. The Labute approximate surface area is 125 Å². The molecule has 0 saturated heterocycles. The second kappa shape index (κ2) is 7.20. The fourth-order valence-electron chi connectivity index (χ4n) is 1.62. The number of thiophene rings is 1. The van der Waals surface area contributed by atoms with E-state index >= 15 is 0 Å². The maximum atomic E-state index is 12.3. The van der Waals surface area contributed by atoms with E-state index in [-0.39, 0.29) is 6.54 Å². The van der Waals surface area contributed by atoms with Gasteiger partial charge in [-0.3, -0.25) is 5.32 Å². The van der Waals surface area contributed by atoms with Crippen molar-refractivity contribution in [2.45, 2.75) is 0 Å². The number of nitrogens with zero attached hydrogens (tertiary/aromatic N) is 1. The van der Waals surface area contributed by atoms with Crippen molar-refractivity contribution in [3.05, 3.63) is 47.8 Å². The summed E-state index contributed by atoms with van der Waals surface area (Å²) < 4.78 is 0. The van der Waals surface area contributed by atoms with Gasteiger partial charge in [-0.2, -0.15) is 0 Å². The molecule has 1 aromatic heterocycles. The second-order valence-corrected chi connectivity index (χ2v) is 4.88. The number of carbonyl (C=O) groups is 3. The minimum absolute atomic E-state index is 0.158. The van der Waals surface area contributed by atoms with E-state index in [9.17, 15) is 14.4 Å². The average molecular weight is 303 g/mol. The van der Waals surface area contributed by atoms with Crippen LogP contribution in [0.1, 0.15) is 0 Å². The third-order valence-corrected chi connectivity index (χ3v) is 3.29. The lowest BCUT2D eigenvalue weighted by atomic mass is 10.3. The summed E-state index contributed by atoms with van der Waals surface area (Å²) in [7, 11) is 0. The summed E-state index contributed by atoms with van der Waals surface area (Å²) in [4.78, 5) is 35.7. The molecule has 0 unspecified atom stereocenters. The van der Waals surface area contributed by atoms with Crippen LogP contribution < -0.4 is 15.5 Å². The summed E-state index contributed by atoms with van der Waals surface area (Å²) in [5.74, 6) is 0. The third kappa shape index (κ3) is 3.90. The molecule has 1 heterocycles. The fourth-order valence-corrected chi connectivity index (χ4v) is 2.23. The lowest BCUT2D eigenvalue weighted by molar-refractivity contribution is -0.107. The van der Waals surface area contributed by atoms with Crippen LogP contribution in [-0.4, -0.2) is 24.9 Å². The first-order valence-electron chi connectivity index (χ1n) is 6.13. The van der Waals surface area contributed by atoms with Crippen LogP contribution in [-0.2, 0) is 4.79 Å². The molecule has 1 aromatic carbocycles. The third-order valence-electron chi connectivity index (χ3n) is 2.51. The number of hydrogen-bond acceptors (Lipinski definition) is 4. The molecule has 2 aromatic rings. The lowest BCUT2D eigenvalue weighted by Gasteiger charge is -2.20. The molecule has 2 rings (SSSR count). The van der Waals surface area contributed by atoms with E-state index < -0.39 is 12.1 Å². The molecule has 0 spiro atoms. The molecule has 6 nitrogen and oxygen atoms in total. The average Bonchev–Trinajstić information content (AvgIpc) is 2.99. The number of benzene rings is 1. The van der Waals surface area contributed by atoms with Crippen LogP contribution in [0.15, 0.2) is 47.8 Å². The smallest absolute Gasteiger partial charge is 0.330 e. The zero-order valence-corrected chi connectivity index (χ0v) is 11.8. The molecule has 0 bridgehead atoms. The van der Waals surface area contributed by atoms with Crippen molar-refractivity contribution in [1.82, 2.24) is 5.32 Å². The van der Waals surface area contributed by atoms with Gasteiger partial charge < -0.3 is 10.1 Å². The number of carbonyl (C=O) groups excluding carboxylic acids is 3. The molecule has 21 heavy (non-hydrogen) atoms. The van der Waals surface area contributed by atoms with Crippen LogP contribution in [0.2, 0.25) is 0 Å². The predicted octanol–water partition coefficient (Wildman–Crippen LogP) is 2.70. The van der Waals surface area contributed by atoms with Gasteiger partial charge in [0, 0.05) is 0 Å². The van der Waals surface area contributed by atoms with Crippen LogP contribution in [0.4, 0.5) is 20.3 Å². The molecule has 0 radical (unpaired) electrons. The van der Waals surface area contributed by atoms with E-state index in [0.29, 0.717) is 17.0 Å². The molecule has 0 aliphatic carbocycles. The van der Waals surface area contributed by atoms with Crippen LogP contribution in [0.5, 0.6) is 0 Å². The first-order chi connectivity index (χ1) is 10.2. The second-order valence-electron chi connectivity index (χ2n) is 3.93. The first-order valence-corrected chi connectivity index (χ1v) is 7.01. The molecule has 0 aliphatic heterocycles. The lowest BCUT2D eigenvalue weighted by Crippen LogP contribution is -2.46. The Kier molecular flexibility index (Phi) is 5.05. The predicted molar refractivity (Wildman–Crippen MR) is 81.7 cm³/mol. The number of hydrogen-bond donors (Lipinski definition) is 2. The number of urea groups is 2. The highest BCUT2D eigenvalue weighted by atomic mass is 32.1. The van der Waals surface area contributed by atoms with Crippen LogP contribution in [0.25, 0.3) is 0 Å². The Morgan fingerprint density at radius 2 is 1.86 bits per heavy atom. The normalized spacial score (nSPS) is 9.71. The van der Waals surface area contributed by atoms with E-state index in [0.717, 1.165) is 4.90 Å². The first kappa shape index (κ1) is 14.7. The number of amides is 4. The van der Waals surface area contributed by atoms with Crippen molar-refractivity contribution in [3.63, 3.8) is 0 Å². The number of imide groups is 1. The van der Waals surface area contributed by atoms with Gasteiger partial charge in [-0.25, -0.2) is 14.5 Å². The van der Waals surface area contributed by atoms with Crippen molar-refractivity contribution in [3.8, 4) is 0 Å². The highest BCUT2D eigenvalue weighted by molar-refractivity contribution is 7.14. The molecular formula is C14H13N3O3S. The topological polar surface area (TPSA) is 78.5 Å². The largest absolute Gasteiger partial charge is 0.335 e. The van der Waals surface area contributed by atoms with Gasteiger partial charge in [0.25, 0.3) is 0 Å². The number of nitrogens with one attached hydrogen (secondary N) is 2. The molecular weight excluding hydrogens is 290 g/mol. The Bertz CT molecular complexity index is 614. The quantitative estimate of drug-likeness (QED) is 0.852. The van der Waals surface area contributed by atoms with Crippen molar-refractivity contribution in [2.75, 3.05) is 16.8 Å². The Morgan fingerprint density at radius 3 is 2.48 bits per heavy atom. The summed E-state index contributed by atoms with van der Waals surface area (Å²) >= 11 is 1.35. The molecule has 0 saturated carbocycles. The fraction of sp³-hybridized carbons (Fsp3) is 0.0714. The van der Waals surface area contributed by atoms with Gasteiger partial charge in [-0.1, -0.05) is 18.2 Å². The minimum atomic E-state index is -0.664. The van der Waals surface area contributed by atoms with Crippen molar-refractivity contribution >= 4 is 40.4 Å². The number of rotatable bonds is 4. The number of anilines is 2. The van der Waals surface area contributed by atoms with Crippen LogP contribution in [0.3, 0.4) is 0 Å². The molecule has 7 heteroatoms.